The first-order valence-corrected chi connectivity index (χ1v) is 8.84. The van der Waals surface area contributed by atoms with E-state index in [0.717, 1.165) is 6.42 Å². The van der Waals surface area contributed by atoms with E-state index in [1.807, 2.05) is 13.0 Å². The van der Waals surface area contributed by atoms with Gasteiger partial charge in [0.25, 0.3) is 0 Å². The molecule has 1 aliphatic heterocycles. The Morgan fingerprint density at radius 3 is 2.65 bits per heavy atom. The number of carbonyl (C=O) groups excluding carboxylic acids is 1. The van der Waals surface area contributed by atoms with Crippen molar-refractivity contribution in [2.45, 2.75) is 70.7 Å². The van der Waals surface area contributed by atoms with Crippen LogP contribution >= 0.6 is 0 Å². The third-order valence-electron chi connectivity index (χ3n) is 4.27. The number of ether oxygens (including phenoxy) is 3. The molecule has 1 rings (SSSR count). The maximum atomic E-state index is 11.6. The minimum absolute atomic E-state index is 0.130. The third-order valence-corrected chi connectivity index (χ3v) is 4.27. The van der Waals surface area contributed by atoms with Crippen molar-refractivity contribution in [2.24, 2.45) is 11.7 Å². The zero-order valence-electron chi connectivity index (χ0n) is 14.8. The molecule has 0 aliphatic carbocycles. The van der Waals surface area contributed by atoms with Crippen LogP contribution in [0.1, 0.15) is 52.4 Å². The first-order valence-electron chi connectivity index (χ1n) is 8.84. The Labute approximate surface area is 140 Å². The molecule has 0 aromatic heterocycles. The summed E-state index contributed by atoms with van der Waals surface area (Å²) in [5, 5.41) is 0. The normalized spacial score (nSPS) is 28.2. The lowest BCUT2D eigenvalue weighted by Crippen LogP contribution is -2.52. The smallest absolute Gasteiger partial charge is 0.320 e. The molecule has 0 bridgehead atoms. The van der Waals surface area contributed by atoms with Gasteiger partial charge in [-0.05, 0) is 12.8 Å². The average Bonchev–Trinajstić information content (AvgIpc) is 2.55. The van der Waals surface area contributed by atoms with Gasteiger partial charge in [-0.3, -0.25) is 4.79 Å². The van der Waals surface area contributed by atoms with E-state index in [-0.39, 0.29) is 24.7 Å². The van der Waals surface area contributed by atoms with Crippen molar-refractivity contribution >= 4 is 5.97 Å². The SMILES string of the molecule is CCCCCCCC=C[C@H]1OC[C@@H](C)[C@@H](OC)[C@H]1OC(=O)CN. The average molecular weight is 327 g/mol. The fourth-order valence-corrected chi connectivity index (χ4v) is 2.92. The second-order valence-electron chi connectivity index (χ2n) is 6.27. The fraction of sp³-hybridized carbons (Fsp3) is 0.833. The van der Waals surface area contributed by atoms with Gasteiger partial charge in [0.2, 0.25) is 0 Å². The molecule has 0 radical (unpaired) electrons. The molecule has 5 nitrogen and oxygen atoms in total. The van der Waals surface area contributed by atoms with Crippen LogP contribution in [0.3, 0.4) is 0 Å². The Morgan fingerprint density at radius 2 is 2.00 bits per heavy atom. The van der Waals surface area contributed by atoms with Crippen LogP contribution in [0.4, 0.5) is 0 Å². The predicted molar refractivity (Wildman–Crippen MR) is 91.2 cm³/mol. The van der Waals surface area contributed by atoms with Crippen molar-refractivity contribution in [3.8, 4) is 0 Å². The summed E-state index contributed by atoms with van der Waals surface area (Å²) in [7, 11) is 1.64. The van der Waals surface area contributed by atoms with Gasteiger partial charge in [-0.1, -0.05) is 51.7 Å². The summed E-state index contributed by atoms with van der Waals surface area (Å²) in [6.07, 6.45) is 10.6. The van der Waals surface area contributed by atoms with Gasteiger partial charge in [0.05, 0.1) is 13.2 Å². The maximum absolute atomic E-state index is 11.6. The molecule has 134 valence electrons. The molecule has 1 fully saturated rings. The summed E-state index contributed by atoms with van der Waals surface area (Å²) in [5.41, 5.74) is 5.36. The molecule has 0 amide bonds. The number of nitrogens with two attached hydrogens (primary N) is 1. The van der Waals surface area contributed by atoms with Crippen LogP contribution < -0.4 is 5.73 Å². The number of hydrogen-bond donors (Lipinski definition) is 1. The van der Waals surface area contributed by atoms with Gasteiger partial charge in [-0.15, -0.1) is 0 Å². The lowest BCUT2D eigenvalue weighted by atomic mass is 9.93. The molecule has 5 heteroatoms. The number of hydrogen-bond acceptors (Lipinski definition) is 5. The maximum Gasteiger partial charge on any atom is 0.320 e. The van der Waals surface area contributed by atoms with Gasteiger partial charge in [-0.2, -0.15) is 0 Å². The zero-order valence-corrected chi connectivity index (χ0v) is 14.8. The Hall–Kier alpha value is -0.910. The van der Waals surface area contributed by atoms with E-state index in [9.17, 15) is 4.79 Å². The Bertz CT molecular complexity index is 359. The largest absolute Gasteiger partial charge is 0.455 e. The second-order valence-corrected chi connectivity index (χ2v) is 6.27. The van der Waals surface area contributed by atoms with E-state index < -0.39 is 12.1 Å². The van der Waals surface area contributed by atoms with Crippen LogP contribution in [-0.2, 0) is 19.0 Å². The van der Waals surface area contributed by atoms with Crippen molar-refractivity contribution in [1.29, 1.82) is 0 Å². The number of allylic oxidation sites excluding steroid dienone is 1. The zero-order chi connectivity index (χ0) is 17.1. The molecule has 1 aliphatic rings. The highest BCUT2D eigenvalue weighted by Gasteiger charge is 2.40. The molecule has 0 aromatic rings. The quantitative estimate of drug-likeness (QED) is 0.379. The number of esters is 1. The number of unbranched alkanes of at least 4 members (excludes halogenated alkanes) is 5. The molecular formula is C18H33NO4. The highest BCUT2D eigenvalue weighted by atomic mass is 16.6. The first kappa shape index (κ1) is 20.1. The van der Waals surface area contributed by atoms with Crippen LogP contribution in [0.15, 0.2) is 12.2 Å². The van der Waals surface area contributed by atoms with Gasteiger partial charge in [0.15, 0.2) is 6.10 Å². The fourth-order valence-electron chi connectivity index (χ4n) is 2.92. The minimum atomic E-state index is -0.434. The van der Waals surface area contributed by atoms with Gasteiger partial charge in [0, 0.05) is 13.0 Å². The molecular weight excluding hydrogens is 294 g/mol. The summed E-state index contributed by atoms with van der Waals surface area (Å²) >= 11 is 0. The molecule has 0 spiro atoms. The van der Waals surface area contributed by atoms with Crippen molar-refractivity contribution in [1.82, 2.24) is 0 Å². The van der Waals surface area contributed by atoms with E-state index in [1.165, 1.54) is 32.1 Å². The molecule has 1 heterocycles. The molecule has 2 N–H and O–H groups in total. The summed E-state index contributed by atoms with van der Waals surface area (Å²) in [6, 6.07) is 0. The van der Waals surface area contributed by atoms with E-state index in [2.05, 4.69) is 13.0 Å². The van der Waals surface area contributed by atoms with E-state index in [4.69, 9.17) is 19.9 Å². The van der Waals surface area contributed by atoms with E-state index in [0.29, 0.717) is 6.61 Å². The summed E-state index contributed by atoms with van der Waals surface area (Å²) < 4.78 is 16.8. The molecule has 0 aromatic carbocycles. The van der Waals surface area contributed by atoms with Crippen LogP contribution in [0.2, 0.25) is 0 Å². The van der Waals surface area contributed by atoms with Crippen LogP contribution in [-0.4, -0.2) is 44.5 Å². The molecule has 23 heavy (non-hydrogen) atoms. The topological polar surface area (TPSA) is 70.8 Å². The van der Waals surface area contributed by atoms with E-state index in [1.54, 1.807) is 7.11 Å². The van der Waals surface area contributed by atoms with Gasteiger partial charge in [0.1, 0.15) is 12.2 Å². The minimum Gasteiger partial charge on any atom is -0.455 e. The second kappa shape index (κ2) is 11.6. The van der Waals surface area contributed by atoms with Crippen LogP contribution in [0.5, 0.6) is 0 Å². The van der Waals surface area contributed by atoms with Crippen LogP contribution in [0, 0.1) is 5.92 Å². The molecule has 4 atom stereocenters. The summed E-state index contributed by atoms with van der Waals surface area (Å²) in [4.78, 5) is 11.6. The van der Waals surface area contributed by atoms with E-state index >= 15 is 0 Å². The number of carbonyl (C=O) groups is 1. The lowest BCUT2D eigenvalue weighted by molar-refractivity contribution is -0.189. The van der Waals surface area contributed by atoms with Crippen molar-refractivity contribution < 1.29 is 19.0 Å². The highest BCUT2D eigenvalue weighted by Crippen LogP contribution is 2.26. The lowest BCUT2D eigenvalue weighted by Gasteiger charge is -2.39. The Balaban J connectivity index is 2.53. The summed E-state index contributed by atoms with van der Waals surface area (Å²) in [6.45, 7) is 4.72. The molecule has 0 saturated carbocycles. The Morgan fingerprint density at radius 1 is 1.26 bits per heavy atom. The monoisotopic (exact) mass is 327 g/mol. The molecule has 1 saturated heterocycles. The van der Waals surface area contributed by atoms with Gasteiger partial charge >= 0.3 is 5.97 Å². The first-order chi connectivity index (χ1) is 11.1. The predicted octanol–water partition coefficient (Wildman–Crippen LogP) is 2.82. The van der Waals surface area contributed by atoms with Crippen molar-refractivity contribution in [3.05, 3.63) is 12.2 Å². The van der Waals surface area contributed by atoms with Gasteiger partial charge < -0.3 is 19.9 Å². The number of methoxy groups -OCH3 is 1. The van der Waals surface area contributed by atoms with Gasteiger partial charge in [-0.25, -0.2) is 0 Å². The van der Waals surface area contributed by atoms with Crippen molar-refractivity contribution in [2.75, 3.05) is 20.3 Å². The summed E-state index contributed by atoms with van der Waals surface area (Å²) in [5.74, 6) is -0.248. The highest BCUT2D eigenvalue weighted by molar-refractivity contribution is 5.71. The molecule has 0 unspecified atom stereocenters. The Kier molecular flexibility index (Phi) is 10.2. The third kappa shape index (κ3) is 7.02. The van der Waals surface area contributed by atoms with Crippen molar-refractivity contribution in [3.63, 3.8) is 0 Å². The number of rotatable bonds is 10. The van der Waals surface area contributed by atoms with Crippen LogP contribution in [0.25, 0.3) is 0 Å². The standard InChI is InChI=1S/C18H33NO4/c1-4-5-6-7-8-9-10-11-15-18(23-16(20)12-19)17(21-3)14(2)13-22-15/h10-11,14-15,17-18H,4-9,12-13,19H2,1-3H3/t14-,15-,17-,18+/m1/s1.